The number of aliphatic hydroxyl groups is 2. The molecule has 16 heteroatoms. The van der Waals surface area contributed by atoms with Gasteiger partial charge in [-0.25, -0.2) is 4.79 Å². The molecule has 2 heterocycles. The Morgan fingerprint density at radius 2 is 1.05 bits per heavy atom. The number of carbonyl (C=O) groups is 3. The average molecular weight is 823 g/mol. The minimum Gasteiger partial charge on any atom is -0.491 e. The molecule has 0 bridgehead atoms. The zero-order valence-corrected chi connectivity index (χ0v) is 36.4. The Morgan fingerprint density at radius 1 is 0.690 bits per heavy atom. The van der Waals surface area contributed by atoms with E-state index in [1.54, 1.807) is 72.7 Å². The molecule has 2 rings (SSSR count). The summed E-state index contributed by atoms with van der Waals surface area (Å²) in [6.45, 7) is 20.4. The van der Waals surface area contributed by atoms with Gasteiger partial charge in [0.25, 0.3) is 11.8 Å². The number of alkyl carbamates (subject to hydrolysis) is 1. The molecule has 0 fully saturated rings. The lowest BCUT2D eigenvalue weighted by atomic mass is 10.0. The van der Waals surface area contributed by atoms with Crippen molar-refractivity contribution in [2.75, 3.05) is 40.5 Å². The molecule has 0 aromatic carbocycles. The van der Waals surface area contributed by atoms with Crippen LogP contribution in [0.25, 0.3) is 0 Å². The maximum Gasteiger partial charge on any atom is 0.407 e. The van der Waals surface area contributed by atoms with Crippen LogP contribution in [-0.2, 0) is 23.8 Å². The summed E-state index contributed by atoms with van der Waals surface area (Å²) in [7, 11) is 2.93. The maximum atomic E-state index is 12.6. The SMILES string of the molecule is C.COC(C)(C)C(=O)N[C@@H](CCCN)C(O)COc1cc(C)nc(C)c1.COC(C)(C)C(=O)N[C@@H](CCCNC(=O)OC(C)(C)C)C(O)COc1cc(C)nc(C)c1. The number of nitrogens with zero attached hydrogens (tertiary/aromatic N) is 2. The third-order valence-corrected chi connectivity index (χ3v) is 8.71. The first-order valence-corrected chi connectivity index (χ1v) is 19.3. The number of hydrogen-bond donors (Lipinski definition) is 6. The van der Waals surface area contributed by atoms with Crippen LogP contribution >= 0.6 is 0 Å². The van der Waals surface area contributed by atoms with Crippen molar-refractivity contribution in [2.24, 2.45) is 5.73 Å². The molecule has 16 nitrogen and oxygen atoms in total. The van der Waals surface area contributed by atoms with E-state index in [4.69, 9.17) is 29.4 Å². The van der Waals surface area contributed by atoms with Crippen molar-refractivity contribution in [1.29, 1.82) is 0 Å². The minimum atomic E-state index is -1.05. The van der Waals surface area contributed by atoms with Crippen LogP contribution in [0.4, 0.5) is 4.79 Å². The van der Waals surface area contributed by atoms with Crippen LogP contribution in [0.5, 0.6) is 11.5 Å². The Hall–Kier alpha value is -4.09. The molecule has 0 spiro atoms. The van der Waals surface area contributed by atoms with Gasteiger partial charge in [-0.2, -0.15) is 0 Å². The number of aliphatic hydroxyl groups excluding tert-OH is 2. The summed E-state index contributed by atoms with van der Waals surface area (Å²) in [6.07, 6.45) is -0.170. The van der Waals surface area contributed by atoms with Gasteiger partial charge in [0.1, 0.15) is 53.7 Å². The highest BCUT2D eigenvalue weighted by atomic mass is 16.6. The smallest absolute Gasteiger partial charge is 0.407 e. The van der Waals surface area contributed by atoms with E-state index < -0.39 is 47.2 Å². The summed E-state index contributed by atoms with van der Waals surface area (Å²) in [5.41, 5.74) is 6.28. The van der Waals surface area contributed by atoms with Crippen molar-refractivity contribution in [2.45, 2.75) is 150 Å². The Kier molecular flexibility index (Phi) is 23.6. The van der Waals surface area contributed by atoms with Gasteiger partial charge < -0.3 is 55.6 Å². The molecule has 4 atom stereocenters. The second kappa shape index (κ2) is 25.4. The zero-order chi connectivity index (χ0) is 43.6. The summed E-state index contributed by atoms with van der Waals surface area (Å²) >= 11 is 0. The quantitative estimate of drug-likeness (QED) is 0.0964. The number of ether oxygens (including phenoxy) is 5. The normalized spacial score (nSPS) is 13.7. The molecule has 0 saturated carbocycles. The minimum absolute atomic E-state index is 0. The molecular weight excluding hydrogens is 748 g/mol. The lowest BCUT2D eigenvalue weighted by Crippen LogP contribution is -2.53. The summed E-state index contributed by atoms with van der Waals surface area (Å²) in [5, 5.41) is 29.6. The Morgan fingerprint density at radius 3 is 1.38 bits per heavy atom. The third-order valence-electron chi connectivity index (χ3n) is 8.71. The number of aryl methyl sites for hydroxylation is 4. The lowest BCUT2D eigenvalue weighted by Gasteiger charge is -2.29. The van der Waals surface area contributed by atoms with E-state index in [0.717, 1.165) is 22.8 Å². The molecule has 2 aromatic heterocycles. The van der Waals surface area contributed by atoms with Crippen molar-refractivity contribution in [3.05, 3.63) is 47.0 Å². The van der Waals surface area contributed by atoms with Gasteiger partial charge in [-0.1, -0.05) is 7.43 Å². The van der Waals surface area contributed by atoms with Crippen molar-refractivity contribution >= 4 is 17.9 Å². The monoisotopic (exact) mass is 823 g/mol. The average Bonchev–Trinajstić information content (AvgIpc) is 3.11. The van der Waals surface area contributed by atoms with E-state index >= 15 is 0 Å². The fourth-order valence-electron chi connectivity index (χ4n) is 5.11. The molecule has 0 aliphatic heterocycles. The van der Waals surface area contributed by atoms with E-state index in [1.807, 2.05) is 27.7 Å². The number of nitrogens with two attached hydrogens (primary N) is 1. The van der Waals surface area contributed by atoms with E-state index in [1.165, 1.54) is 14.2 Å². The standard InChI is InChI=1S/C23H39N3O6.C18H31N3O4.CH4/c1-15-12-17(13-16(2)25-15)31-14-19(27)18(26-20(28)23(6,7)30-8)10-9-11-24-21(29)32-22(3,4)5;1-12-9-14(10-13(2)20-12)25-11-16(22)15(7-6-8-19)21-17(23)18(3,4)24-5;/h12-13,18-19,27H,9-11,14H2,1-8H3,(H,24,29)(H,26,28);9-10,15-16,22H,6-8,11,19H2,1-5H3,(H,21,23);1H4/t18-,19?;15-,16?;/m00./s1. The van der Waals surface area contributed by atoms with Gasteiger partial charge in [0.15, 0.2) is 0 Å². The Labute approximate surface area is 346 Å². The molecule has 332 valence electrons. The number of pyridine rings is 2. The topological polar surface area (TPSA) is 226 Å². The molecule has 7 N–H and O–H groups in total. The molecule has 3 amide bonds. The van der Waals surface area contributed by atoms with Gasteiger partial charge in [-0.05, 0) is 108 Å². The summed E-state index contributed by atoms with van der Waals surface area (Å²) in [5.74, 6) is 0.611. The number of hydrogen-bond acceptors (Lipinski definition) is 13. The van der Waals surface area contributed by atoms with E-state index in [-0.39, 0.29) is 32.5 Å². The highest BCUT2D eigenvalue weighted by molar-refractivity contribution is 5.85. The zero-order valence-electron chi connectivity index (χ0n) is 36.4. The van der Waals surface area contributed by atoms with Gasteiger partial charge in [0.05, 0.1) is 12.1 Å². The fourth-order valence-corrected chi connectivity index (χ4v) is 5.11. The van der Waals surface area contributed by atoms with Crippen LogP contribution in [0, 0.1) is 27.7 Å². The van der Waals surface area contributed by atoms with Crippen LogP contribution in [0.3, 0.4) is 0 Å². The van der Waals surface area contributed by atoms with Crippen LogP contribution in [0.15, 0.2) is 24.3 Å². The summed E-state index contributed by atoms with van der Waals surface area (Å²) < 4.78 is 27.1. The van der Waals surface area contributed by atoms with Crippen LogP contribution in [-0.4, -0.2) is 120 Å². The summed E-state index contributed by atoms with van der Waals surface area (Å²) in [6, 6.07) is 6.12. The van der Waals surface area contributed by atoms with Crippen molar-refractivity contribution in [3.63, 3.8) is 0 Å². The lowest BCUT2D eigenvalue weighted by molar-refractivity contribution is -0.141. The van der Waals surface area contributed by atoms with Gasteiger partial charge in [-0.15, -0.1) is 0 Å². The first-order valence-electron chi connectivity index (χ1n) is 19.3. The number of amides is 3. The fraction of sp³-hybridized carbons (Fsp3) is 0.690. The van der Waals surface area contributed by atoms with E-state index in [9.17, 15) is 24.6 Å². The number of rotatable bonds is 21. The second-order valence-electron chi connectivity index (χ2n) is 16.0. The summed E-state index contributed by atoms with van der Waals surface area (Å²) in [4.78, 5) is 45.3. The number of aromatic nitrogens is 2. The third kappa shape index (κ3) is 21.1. The van der Waals surface area contributed by atoms with Crippen LogP contribution in [0.2, 0.25) is 0 Å². The Bertz CT molecular complexity index is 1510. The highest BCUT2D eigenvalue weighted by Crippen LogP contribution is 2.18. The molecule has 0 aliphatic rings. The van der Waals surface area contributed by atoms with Gasteiger partial charge >= 0.3 is 6.09 Å². The number of methoxy groups -OCH3 is 2. The van der Waals surface area contributed by atoms with E-state index in [0.29, 0.717) is 50.3 Å². The van der Waals surface area contributed by atoms with Crippen molar-refractivity contribution < 1.29 is 48.3 Å². The van der Waals surface area contributed by atoms with Crippen LogP contribution in [0.1, 0.15) is 104 Å². The largest absolute Gasteiger partial charge is 0.491 e. The number of carbonyl (C=O) groups excluding carboxylic acids is 3. The van der Waals surface area contributed by atoms with Gasteiger partial charge in [0.2, 0.25) is 0 Å². The van der Waals surface area contributed by atoms with Crippen molar-refractivity contribution in [3.8, 4) is 11.5 Å². The first-order chi connectivity index (χ1) is 26.4. The molecule has 2 aromatic rings. The first kappa shape index (κ1) is 53.9. The maximum absolute atomic E-state index is 12.6. The Balaban J connectivity index is 0.00000113. The number of nitrogens with one attached hydrogen (secondary N) is 3. The molecule has 0 saturated heterocycles. The highest BCUT2D eigenvalue weighted by Gasteiger charge is 2.32. The van der Waals surface area contributed by atoms with Crippen molar-refractivity contribution in [1.82, 2.24) is 25.9 Å². The molecular formula is C42H74N6O10. The predicted octanol–water partition coefficient (Wildman–Crippen LogP) is 4.38. The van der Waals surface area contributed by atoms with E-state index in [2.05, 4.69) is 25.9 Å². The van der Waals surface area contributed by atoms with Gasteiger partial charge in [-0.3, -0.25) is 19.6 Å². The predicted molar refractivity (Wildman–Crippen MR) is 225 cm³/mol. The molecule has 0 aliphatic carbocycles. The molecule has 2 unspecified atom stereocenters. The molecule has 58 heavy (non-hydrogen) atoms. The van der Waals surface area contributed by atoms with Crippen LogP contribution < -0.4 is 31.2 Å². The molecule has 0 radical (unpaired) electrons. The van der Waals surface area contributed by atoms with Gasteiger partial charge in [0, 0.05) is 67.8 Å². The second-order valence-corrected chi connectivity index (χ2v) is 16.0.